The topological polar surface area (TPSA) is 145 Å². The third-order valence-corrected chi connectivity index (χ3v) is 5.32. The Kier molecular flexibility index (Phi) is 8.66. The van der Waals surface area contributed by atoms with Gasteiger partial charge in [0.15, 0.2) is 0 Å². The molecule has 0 aliphatic rings. The van der Waals surface area contributed by atoms with Crippen molar-refractivity contribution in [1.29, 1.82) is 0 Å². The van der Waals surface area contributed by atoms with Crippen molar-refractivity contribution >= 4 is 27.3 Å². The van der Waals surface area contributed by atoms with Crippen LogP contribution in [-0.4, -0.2) is 57.5 Å². The molecule has 0 bridgehead atoms. The summed E-state index contributed by atoms with van der Waals surface area (Å²) in [4.78, 5) is 13.4. The van der Waals surface area contributed by atoms with E-state index in [2.05, 4.69) is 14.9 Å². The Morgan fingerprint density at radius 2 is 1.84 bits per heavy atom. The number of aliphatic hydroxyl groups is 1. The van der Waals surface area contributed by atoms with E-state index in [4.69, 9.17) is 5.73 Å². The Labute approximate surface area is 182 Å². The number of sulfonamides is 1. The van der Waals surface area contributed by atoms with E-state index in [-0.39, 0.29) is 11.3 Å². The molecule has 2 aromatic rings. The van der Waals surface area contributed by atoms with Crippen molar-refractivity contribution in [1.82, 2.24) is 5.32 Å². The molecule has 31 heavy (non-hydrogen) atoms. The third kappa shape index (κ3) is 8.08. The summed E-state index contributed by atoms with van der Waals surface area (Å²) < 4.78 is 24.9. The van der Waals surface area contributed by atoms with Crippen LogP contribution in [0.3, 0.4) is 0 Å². The number of benzene rings is 2. The summed E-state index contributed by atoms with van der Waals surface area (Å²) in [5.74, 6) is -0.952. The van der Waals surface area contributed by atoms with Gasteiger partial charge in [0, 0.05) is 31.5 Å². The molecule has 2 rings (SSSR count). The summed E-state index contributed by atoms with van der Waals surface area (Å²) in [6.07, 6.45) is 2.12. The molecule has 0 spiro atoms. The fourth-order valence-electron chi connectivity index (χ4n) is 3.04. The lowest BCUT2D eigenvalue weighted by Crippen LogP contribution is -2.24. The van der Waals surface area contributed by atoms with Crippen molar-refractivity contribution < 1.29 is 23.4 Å². The highest BCUT2D eigenvalue weighted by Crippen LogP contribution is 2.22. The smallest absolute Gasteiger partial charge is 0.252 e. The number of aromatic hydroxyl groups is 1. The molecule has 9 nitrogen and oxygen atoms in total. The van der Waals surface area contributed by atoms with Crippen LogP contribution in [0.4, 0.5) is 11.4 Å². The van der Waals surface area contributed by atoms with Gasteiger partial charge in [-0.2, -0.15) is 0 Å². The van der Waals surface area contributed by atoms with Gasteiger partial charge in [0.25, 0.3) is 5.91 Å². The first-order chi connectivity index (χ1) is 14.6. The Morgan fingerprint density at radius 1 is 1.16 bits per heavy atom. The number of nitrogens with two attached hydrogens (primary N) is 1. The molecule has 0 heterocycles. The van der Waals surface area contributed by atoms with Crippen LogP contribution < -0.4 is 20.7 Å². The van der Waals surface area contributed by atoms with Gasteiger partial charge in [-0.15, -0.1) is 0 Å². The minimum Gasteiger partial charge on any atom is -0.507 e. The van der Waals surface area contributed by atoms with Gasteiger partial charge in [0.05, 0.1) is 17.9 Å². The Bertz CT molecular complexity index is 980. The molecule has 0 saturated heterocycles. The maximum atomic E-state index is 11.3. The molecule has 2 aromatic carbocycles. The molecule has 10 heteroatoms. The summed E-state index contributed by atoms with van der Waals surface area (Å²) in [5, 5.41) is 23.1. The molecular weight excluding hydrogens is 420 g/mol. The molecule has 1 amide bonds. The second-order valence-electron chi connectivity index (χ2n) is 7.41. The first kappa shape index (κ1) is 24.4. The number of hydrogen-bond donors (Lipinski definition) is 5. The largest absolute Gasteiger partial charge is 0.507 e. The van der Waals surface area contributed by atoms with Crippen LogP contribution in [0.25, 0.3) is 0 Å². The standard InChI is InChI=1S/C21H30N4O5S/c1-25(17-8-6-16(7-9-17)24-31(2,29)30)12-4-3-11-23-14-20(27)15-5-10-19(26)18(13-15)21(22)28/h5-10,13,20,23-24,26-27H,3-4,11-12,14H2,1-2H3,(H2,22,28). The number of rotatable bonds is 12. The van der Waals surface area contributed by atoms with Crippen LogP contribution in [0, 0.1) is 0 Å². The van der Waals surface area contributed by atoms with Gasteiger partial charge in [0.2, 0.25) is 10.0 Å². The first-order valence-corrected chi connectivity index (χ1v) is 11.8. The Morgan fingerprint density at radius 3 is 2.45 bits per heavy atom. The zero-order valence-electron chi connectivity index (χ0n) is 17.7. The first-order valence-electron chi connectivity index (χ1n) is 9.87. The maximum Gasteiger partial charge on any atom is 0.252 e. The van der Waals surface area contributed by atoms with Gasteiger partial charge in [0.1, 0.15) is 5.75 Å². The van der Waals surface area contributed by atoms with E-state index in [1.807, 2.05) is 19.2 Å². The van der Waals surface area contributed by atoms with Crippen LogP contribution in [0.2, 0.25) is 0 Å². The fraction of sp³-hybridized carbons (Fsp3) is 0.381. The van der Waals surface area contributed by atoms with E-state index in [1.165, 1.54) is 12.1 Å². The van der Waals surface area contributed by atoms with Crippen molar-refractivity contribution in [3.05, 3.63) is 53.6 Å². The lowest BCUT2D eigenvalue weighted by atomic mass is 10.0. The molecule has 0 fully saturated rings. The normalized spacial score (nSPS) is 12.4. The monoisotopic (exact) mass is 450 g/mol. The predicted octanol–water partition coefficient (Wildman–Crippen LogP) is 1.40. The molecule has 0 aliphatic heterocycles. The van der Waals surface area contributed by atoms with Gasteiger partial charge >= 0.3 is 0 Å². The van der Waals surface area contributed by atoms with Crippen molar-refractivity contribution in [3.8, 4) is 5.75 Å². The van der Waals surface area contributed by atoms with E-state index >= 15 is 0 Å². The SMILES string of the molecule is CN(CCCCNCC(O)c1ccc(O)c(C(N)=O)c1)c1ccc(NS(C)(=O)=O)cc1. The van der Waals surface area contributed by atoms with E-state index in [0.717, 1.165) is 31.3 Å². The van der Waals surface area contributed by atoms with Crippen LogP contribution in [0.1, 0.15) is 34.9 Å². The van der Waals surface area contributed by atoms with Crippen LogP contribution in [0.5, 0.6) is 5.75 Å². The lowest BCUT2D eigenvalue weighted by Gasteiger charge is -2.20. The predicted molar refractivity (Wildman–Crippen MR) is 122 cm³/mol. The lowest BCUT2D eigenvalue weighted by molar-refractivity contribution is 0.0997. The molecule has 170 valence electrons. The number of nitrogens with zero attached hydrogens (tertiary/aromatic N) is 1. The summed E-state index contributed by atoms with van der Waals surface area (Å²) >= 11 is 0. The van der Waals surface area contributed by atoms with Crippen LogP contribution in [0.15, 0.2) is 42.5 Å². The zero-order chi connectivity index (χ0) is 23.0. The molecule has 0 radical (unpaired) electrons. The number of anilines is 2. The summed E-state index contributed by atoms with van der Waals surface area (Å²) in [6, 6.07) is 11.5. The zero-order valence-corrected chi connectivity index (χ0v) is 18.5. The van der Waals surface area contributed by atoms with Crippen molar-refractivity contribution in [2.45, 2.75) is 18.9 Å². The van der Waals surface area contributed by atoms with Crippen molar-refractivity contribution in [2.24, 2.45) is 5.73 Å². The van der Waals surface area contributed by atoms with E-state index in [1.54, 1.807) is 18.2 Å². The van der Waals surface area contributed by atoms with Crippen molar-refractivity contribution in [3.63, 3.8) is 0 Å². The quantitative estimate of drug-likeness (QED) is 0.307. The maximum absolute atomic E-state index is 11.3. The number of amides is 1. The summed E-state index contributed by atoms with van der Waals surface area (Å²) in [7, 11) is -1.32. The molecule has 1 atom stereocenters. The second-order valence-corrected chi connectivity index (χ2v) is 9.16. The highest BCUT2D eigenvalue weighted by atomic mass is 32.2. The number of primary amides is 1. The van der Waals surface area contributed by atoms with Gasteiger partial charge in [-0.05, 0) is 61.3 Å². The van der Waals surface area contributed by atoms with E-state index < -0.39 is 22.0 Å². The van der Waals surface area contributed by atoms with Gasteiger partial charge < -0.3 is 26.2 Å². The number of phenols is 1. The minimum atomic E-state index is -3.29. The number of hydrogen-bond acceptors (Lipinski definition) is 7. The Hall–Kier alpha value is -2.82. The third-order valence-electron chi connectivity index (χ3n) is 4.72. The highest BCUT2D eigenvalue weighted by Gasteiger charge is 2.13. The summed E-state index contributed by atoms with van der Waals surface area (Å²) in [6.45, 7) is 1.85. The molecular formula is C21H30N4O5S. The van der Waals surface area contributed by atoms with E-state index in [9.17, 15) is 23.4 Å². The number of carbonyl (C=O) groups excluding carboxylic acids is 1. The second kappa shape index (κ2) is 11.0. The molecule has 0 aromatic heterocycles. The average molecular weight is 451 g/mol. The van der Waals surface area contributed by atoms with Gasteiger partial charge in [-0.3, -0.25) is 9.52 Å². The number of aliphatic hydroxyl groups excluding tert-OH is 1. The average Bonchev–Trinajstić information content (AvgIpc) is 2.69. The highest BCUT2D eigenvalue weighted by molar-refractivity contribution is 7.92. The molecule has 0 saturated carbocycles. The van der Waals surface area contributed by atoms with Crippen molar-refractivity contribution in [2.75, 3.05) is 42.6 Å². The van der Waals surface area contributed by atoms with Crippen LogP contribution in [-0.2, 0) is 10.0 Å². The number of carbonyl (C=O) groups is 1. The van der Waals surface area contributed by atoms with E-state index in [0.29, 0.717) is 24.3 Å². The molecule has 0 aliphatic carbocycles. The fourth-order valence-corrected chi connectivity index (χ4v) is 3.61. The minimum absolute atomic E-state index is 0.0141. The number of unbranched alkanes of at least 4 members (excludes halogenated alkanes) is 1. The van der Waals surface area contributed by atoms with Crippen LogP contribution >= 0.6 is 0 Å². The Balaban J connectivity index is 1.70. The van der Waals surface area contributed by atoms with Gasteiger partial charge in [-0.1, -0.05) is 6.07 Å². The molecule has 6 N–H and O–H groups in total. The van der Waals surface area contributed by atoms with Gasteiger partial charge in [-0.25, -0.2) is 8.42 Å². The summed E-state index contributed by atoms with van der Waals surface area (Å²) in [5.41, 5.74) is 7.22. The number of nitrogens with one attached hydrogen (secondary N) is 2. The molecule has 1 unspecified atom stereocenters.